The maximum absolute atomic E-state index is 12.3. The lowest BCUT2D eigenvalue weighted by molar-refractivity contribution is 0.145. The third-order valence-electron chi connectivity index (χ3n) is 1.56. The quantitative estimate of drug-likeness (QED) is 0.744. The van der Waals surface area contributed by atoms with Crippen LogP contribution >= 0.6 is 11.6 Å². The minimum absolute atomic E-state index is 0.00389. The summed E-state index contributed by atoms with van der Waals surface area (Å²) >= 11 is 5.62. The van der Waals surface area contributed by atoms with Gasteiger partial charge in [-0.1, -0.05) is 11.6 Å². The Balaban J connectivity index is 3.25. The van der Waals surface area contributed by atoms with Crippen LogP contribution in [0.4, 0.5) is 8.78 Å². The van der Waals surface area contributed by atoms with Gasteiger partial charge in [-0.2, -0.15) is 0 Å². The van der Waals surface area contributed by atoms with Crippen LogP contribution in [-0.2, 0) is 0 Å². The van der Waals surface area contributed by atoms with E-state index in [9.17, 15) is 8.78 Å². The SMILES string of the molecule is COc1cc(C)c(Cl)c(C(F)F)n1. The molecule has 0 N–H and O–H groups in total. The normalized spacial score (nSPS) is 10.6. The summed E-state index contributed by atoms with van der Waals surface area (Å²) in [5.74, 6) is 0.150. The van der Waals surface area contributed by atoms with E-state index in [1.807, 2.05) is 0 Å². The lowest BCUT2D eigenvalue weighted by atomic mass is 10.2. The largest absolute Gasteiger partial charge is 0.481 e. The highest BCUT2D eigenvalue weighted by Gasteiger charge is 2.17. The maximum Gasteiger partial charge on any atom is 0.281 e. The van der Waals surface area contributed by atoms with Crippen LogP contribution in [-0.4, -0.2) is 12.1 Å². The molecule has 2 nitrogen and oxygen atoms in total. The molecule has 5 heteroatoms. The molecule has 1 aromatic rings. The van der Waals surface area contributed by atoms with Crippen molar-refractivity contribution in [2.75, 3.05) is 7.11 Å². The van der Waals surface area contributed by atoms with Crippen molar-refractivity contribution in [3.63, 3.8) is 0 Å². The summed E-state index contributed by atoms with van der Waals surface area (Å²) in [5.41, 5.74) is 0.0994. The topological polar surface area (TPSA) is 22.1 Å². The monoisotopic (exact) mass is 207 g/mol. The number of aromatic nitrogens is 1. The average molecular weight is 208 g/mol. The molecule has 0 radical (unpaired) electrons. The smallest absolute Gasteiger partial charge is 0.281 e. The summed E-state index contributed by atoms with van der Waals surface area (Å²) < 4.78 is 29.4. The Morgan fingerprint density at radius 1 is 1.54 bits per heavy atom. The number of ether oxygens (including phenoxy) is 1. The highest BCUT2D eigenvalue weighted by atomic mass is 35.5. The minimum Gasteiger partial charge on any atom is -0.481 e. The Morgan fingerprint density at radius 3 is 2.62 bits per heavy atom. The fourth-order valence-electron chi connectivity index (χ4n) is 0.900. The molecule has 72 valence electrons. The first kappa shape index (κ1) is 10.2. The number of methoxy groups -OCH3 is 1. The van der Waals surface area contributed by atoms with Gasteiger partial charge in [-0.3, -0.25) is 0 Å². The van der Waals surface area contributed by atoms with Crippen LogP contribution < -0.4 is 4.74 Å². The van der Waals surface area contributed by atoms with Crippen LogP contribution in [0.2, 0.25) is 5.02 Å². The summed E-state index contributed by atoms with van der Waals surface area (Å²) in [6.45, 7) is 1.62. The molecule has 13 heavy (non-hydrogen) atoms. The van der Waals surface area contributed by atoms with E-state index in [4.69, 9.17) is 16.3 Å². The van der Waals surface area contributed by atoms with E-state index < -0.39 is 12.1 Å². The zero-order valence-electron chi connectivity index (χ0n) is 7.14. The van der Waals surface area contributed by atoms with E-state index in [0.29, 0.717) is 5.56 Å². The lowest BCUT2D eigenvalue weighted by Gasteiger charge is -2.07. The fourth-order valence-corrected chi connectivity index (χ4v) is 1.08. The van der Waals surface area contributed by atoms with Crippen LogP contribution in [0.25, 0.3) is 0 Å². The fraction of sp³-hybridized carbons (Fsp3) is 0.375. The first-order chi connectivity index (χ1) is 6.06. The molecule has 0 aromatic carbocycles. The Morgan fingerprint density at radius 2 is 2.15 bits per heavy atom. The van der Waals surface area contributed by atoms with Crippen molar-refractivity contribution in [2.45, 2.75) is 13.3 Å². The van der Waals surface area contributed by atoms with Gasteiger partial charge in [-0.25, -0.2) is 13.8 Å². The molecule has 1 heterocycles. The molecule has 0 spiro atoms. The predicted octanol–water partition coefficient (Wildman–Crippen LogP) is 2.99. The average Bonchev–Trinajstić information content (AvgIpc) is 2.09. The second kappa shape index (κ2) is 3.87. The van der Waals surface area contributed by atoms with Crippen LogP contribution in [0, 0.1) is 6.92 Å². The molecule has 0 saturated carbocycles. The Bertz CT molecular complexity index is 317. The Hall–Kier alpha value is -0.900. The zero-order valence-corrected chi connectivity index (χ0v) is 7.90. The standard InChI is InChI=1S/C8H8ClF2NO/c1-4-3-5(13-2)12-7(6(4)9)8(10)11/h3,8H,1-2H3. The van der Waals surface area contributed by atoms with E-state index in [1.165, 1.54) is 13.2 Å². The second-order valence-corrected chi connectivity index (χ2v) is 2.86. The van der Waals surface area contributed by atoms with E-state index >= 15 is 0 Å². The number of rotatable bonds is 2. The van der Waals surface area contributed by atoms with Crippen molar-refractivity contribution in [3.05, 3.63) is 22.3 Å². The van der Waals surface area contributed by atoms with Gasteiger partial charge >= 0.3 is 0 Å². The van der Waals surface area contributed by atoms with Crippen molar-refractivity contribution in [2.24, 2.45) is 0 Å². The number of halogens is 3. The van der Waals surface area contributed by atoms with Gasteiger partial charge in [0.2, 0.25) is 5.88 Å². The first-order valence-corrected chi connectivity index (χ1v) is 3.93. The van der Waals surface area contributed by atoms with Gasteiger partial charge in [0, 0.05) is 6.07 Å². The third-order valence-corrected chi connectivity index (χ3v) is 2.05. The number of alkyl halides is 2. The summed E-state index contributed by atoms with van der Waals surface area (Å²) in [6, 6.07) is 1.51. The number of aryl methyl sites for hydroxylation is 1. The number of hydrogen-bond acceptors (Lipinski definition) is 2. The van der Waals surface area contributed by atoms with Gasteiger partial charge < -0.3 is 4.74 Å². The van der Waals surface area contributed by atoms with Gasteiger partial charge in [-0.15, -0.1) is 0 Å². The minimum atomic E-state index is -2.68. The van der Waals surface area contributed by atoms with Crippen molar-refractivity contribution < 1.29 is 13.5 Å². The molecule has 0 aliphatic heterocycles. The molecular weight excluding hydrogens is 200 g/mol. The van der Waals surface area contributed by atoms with Gasteiger partial charge in [-0.05, 0) is 12.5 Å². The van der Waals surface area contributed by atoms with Crippen molar-refractivity contribution in [1.82, 2.24) is 4.98 Å². The third kappa shape index (κ3) is 2.06. The molecule has 0 bridgehead atoms. The number of hydrogen-bond donors (Lipinski definition) is 0. The van der Waals surface area contributed by atoms with E-state index in [-0.39, 0.29) is 10.9 Å². The molecule has 1 aromatic heterocycles. The van der Waals surface area contributed by atoms with Crippen molar-refractivity contribution >= 4 is 11.6 Å². The van der Waals surface area contributed by atoms with E-state index in [2.05, 4.69) is 4.98 Å². The van der Waals surface area contributed by atoms with Crippen LogP contribution in [0.5, 0.6) is 5.88 Å². The Labute approximate surface area is 79.5 Å². The molecule has 0 amide bonds. The number of pyridine rings is 1. The van der Waals surface area contributed by atoms with E-state index in [0.717, 1.165) is 0 Å². The van der Waals surface area contributed by atoms with Gasteiger partial charge in [0.25, 0.3) is 6.43 Å². The molecule has 0 aliphatic rings. The summed E-state index contributed by atoms with van der Waals surface area (Å²) in [4.78, 5) is 3.55. The zero-order chi connectivity index (χ0) is 10.0. The second-order valence-electron chi connectivity index (χ2n) is 2.48. The molecule has 0 atom stereocenters. The molecule has 0 unspecified atom stereocenters. The van der Waals surface area contributed by atoms with Crippen LogP contribution in [0.3, 0.4) is 0 Å². The predicted molar refractivity (Wildman–Crippen MR) is 45.5 cm³/mol. The summed E-state index contributed by atoms with van der Waals surface area (Å²) in [7, 11) is 1.37. The molecular formula is C8H8ClF2NO. The summed E-state index contributed by atoms with van der Waals surface area (Å²) in [5, 5.41) is -0.00389. The van der Waals surface area contributed by atoms with Crippen LogP contribution in [0.1, 0.15) is 17.7 Å². The van der Waals surface area contributed by atoms with Gasteiger partial charge in [0.15, 0.2) is 0 Å². The van der Waals surface area contributed by atoms with Gasteiger partial charge in [0.05, 0.1) is 12.1 Å². The number of nitrogens with zero attached hydrogens (tertiary/aromatic N) is 1. The van der Waals surface area contributed by atoms with Crippen molar-refractivity contribution in [3.8, 4) is 5.88 Å². The maximum atomic E-state index is 12.3. The van der Waals surface area contributed by atoms with Crippen molar-refractivity contribution in [1.29, 1.82) is 0 Å². The first-order valence-electron chi connectivity index (χ1n) is 3.55. The summed E-state index contributed by atoms with van der Waals surface area (Å²) in [6.07, 6.45) is -2.68. The molecule has 0 aliphatic carbocycles. The molecule has 0 fully saturated rings. The molecule has 1 rings (SSSR count). The van der Waals surface area contributed by atoms with Gasteiger partial charge in [0.1, 0.15) is 5.69 Å². The lowest BCUT2D eigenvalue weighted by Crippen LogP contribution is -1.97. The van der Waals surface area contributed by atoms with E-state index in [1.54, 1.807) is 6.92 Å². The molecule has 0 saturated heterocycles. The highest BCUT2D eigenvalue weighted by Crippen LogP contribution is 2.30. The highest BCUT2D eigenvalue weighted by molar-refractivity contribution is 6.32. The Kier molecular flexibility index (Phi) is 3.03. The van der Waals surface area contributed by atoms with Crippen LogP contribution in [0.15, 0.2) is 6.07 Å².